The molecule has 194 valence electrons. The van der Waals surface area contributed by atoms with Crippen molar-refractivity contribution in [3.63, 3.8) is 0 Å². The number of aromatic hydroxyl groups is 1. The number of phenols is 1. The number of aromatic nitrogens is 2. The molecule has 4 rings (SSSR count). The van der Waals surface area contributed by atoms with Crippen molar-refractivity contribution < 1.29 is 28.1 Å². The summed E-state index contributed by atoms with van der Waals surface area (Å²) in [6.07, 6.45) is 4.15. The van der Waals surface area contributed by atoms with E-state index in [0.717, 1.165) is 6.07 Å². The number of nitrogens with zero attached hydrogens (tertiary/aromatic N) is 2. The van der Waals surface area contributed by atoms with Crippen LogP contribution in [0.2, 0.25) is 0 Å². The van der Waals surface area contributed by atoms with E-state index >= 15 is 0 Å². The molecule has 0 aliphatic heterocycles. The number of pyridine rings is 2. The predicted molar refractivity (Wildman–Crippen MR) is 137 cm³/mol. The molecule has 0 saturated heterocycles. The number of hydrogen-bond acceptors (Lipinski definition) is 8. The Morgan fingerprint density at radius 2 is 1.22 bits per heavy atom. The second kappa shape index (κ2) is 12.4. The van der Waals surface area contributed by atoms with Crippen molar-refractivity contribution in [1.82, 2.24) is 9.97 Å². The minimum atomic E-state index is -0.423. The molecule has 2 aromatic heterocycles. The number of ether oxygens (including phenoxy) is 3. The molecule has 0 saturated carbocycles. The van der Waals surface area contributed by atoms with Crippen LogP contribution in [-0.4, -0.2) is 22.2 Å². The molecule has 0 unspecified atom stereocenters. The molecule has 2 aromatic carbocycles. The van der Waals surface area contributed by atoms with Crippen LogP contribution in [0.5, 0.6) is 34.5 Å². The first-order valence-electron chi connectivity index (χ1n) is 11.4. The average molecular weight is 511 g/mol. The van der Waals surface area contributed by atoms with Gasteiger partial charge in [0, 0.05) is 24.5 Å². The highest BCUT2D eigenvalue weighted by molar-refractivity contribution is 5.52. The quantitative estimate of drug-likeness (QED) is 0.275. The van der Waals surface area contributed by atoms with E-state index in [0.29, 0.717) is 35.5 Å². The lowest BCUT2D eigenvalue weighted by Gasteiger charge is -2.13. The fourth-order valence-electron chi connectivity index (χ4n) is 3.24. The molecule has 0 radical (unpaired) electrons. The number of methoxy groups -OCH3 is 1. The Morgan fingerprint density at radius 3 is 1.70 bits per heavy atom. The van der Waals surface area contributed by atoms with Crippen LogP contribution in [0.15, 0.2) is 60.9 Å². The monoisotopic (exact) mass is 510 g/mol. The zero-order valence-electron chi connectivity index (χ0n) is 20.7. The fraction of sp³-hybridized carbons (Fsp3) is 0.185. The molecule has 0 aliphatic carbocycles. The highest BCUT2D eigenvalue weighted by atomic mass is 19.1. The Kier molecular flexibility index (Phi) is 9.04. The van der Waals surface area contributed by atoms with Crippen LogP contribution in [0.3, 0.4) is 0 Å². The molecule has 4 aromatic rings. The van der Waals surface area contributed by atoms with Gasteiger partial charge in [0.15, 0.2) is 46.1 Å². The van der Waals surface area contributed by atoms with E-state index in [2.05, 4.69) is 9.97 Å². The summed E-state index contributed by atoms with van der Waals surface area (Å²) in [5.41, 5.74) is 12.3. The Balaban J connectivity index is 0.000000206. The molecule has 0 atom stereocenters. The van der Waals surface area contributed by atoms with Gasteiger partial charge < -0.3 is 30.8 Å². The summed E-state index contributed by atoms with van der Waals surface area (Å²) in [6.45, 7) is 3.68. The molecule has 0 aliphatic rings. The molecule has 37 heavy (non-hydrogen) atoms. The van der Waals surface area contributed by atoms with Gasteiger partial charge in [0.25, 0.3) is 0 Å². The van der Waals surface area contributed by atoms with Crippen molar-refractivity contribution in [3.05, 3.63) is 83.7 Å². The first-order valence-corrected chi connectivity index (χ1v) is 11.4. The third-order valence-electron chi connectivity index (χ3n) is 5.26. The molecular weight excluding hydrogens is 482 g/mol. The molecule has 0 amide bonds. The topological polar surface area (TPSA) is 126 Å². The molecule has 2 heterocycles. The van der Waals surface area contributed by atoms with E-state index in [9.17, 15) is 13.9 Å². The van der Waals surface area contributed by atoms with Crippen molar-refractivity contribution in [2.75, 3.05) is 18.6 Å². The van der Waals surface area contributed by atoms with Gasteiger partial charge in [-0.15, -0.1) is 0 Å². The maximum Gasteiger partial charge on any atom is 0.172 e. The van der Waals surface area contributed by atoms with E-state index in [-0.39, 0.29) is 40.5 Å². The van der Waals surface area contributed by atoms with E-state index in [1.807, 2.05) is 6.92 Å². The third-order valence-corrected chi connectivity index (χ3v) is 5.26. The molecule has 8 nitrogen and oxygen atoms in total. The maximum absolute atomic E-state index is 13.8. The molecule has 0 spiro atoms. The van der Waals surface area contributed by atoms with Gasteiger partial charge in [-0.25, -0.2) is 18.7 Å². The van der Waals surface area contributed by atoms with Crippen LogP contribution in [0.1, 0.15) is 25.0 Å². The van der Waals surface area contributed by atoms with Crippen LogP contribution >= 0.6 is 0 Å². The Morgan fingerprint density at radius 1 is 0.730 bits per heavy atom. The van der Waals surface area contributed by atoms with Gasteiger partial charge in [-0.1, -0.05) is 13.8 Å². The van der Waals surface area contributed by atoms with Gasteiger partial charge in [-0.3, -0.25) is 0 Å². The Bertz CT molecular complexity index is 1370. The molecule has 0 fully saturated rings. The van der Waals surface area contributed by atoms with Crippen LogP contribution in [0.4, 0.5) is 20.4 Å². The zero-order valence-corrected chi connectivity index (χ0v) is 20.7. The van der Waals surface area contributed by atoms with Gasteiger partial charge >= 0.3 is 0 Å². The summed E-state index contributed by atoms with van der Waals surface area (Å²) in [7, 11) is 1.51. The number of nitrogen functional groups attached to an aromatic ring is 2. The van der Waals surface area contributed by atoms with Crippen molar-refractivity contribution in [3.8, 4) is 34.5 Å². The number of aryl methyl sites for hydroxylation is 2. The van der Waals surface area contributed by atoms with Crippen molar-refractivity contribution in [1.29, 1.82) is 0 Å². The van der Waals surface area contributed by atoms with Crippen LogP contribution in [0.25, 0.3) is 0 Å². The lowest BCUT2D eigenvalue weighted by Crippen LogP contribution is -1.98. The number of hydrogen-bond donors (Lipinski definition) is 3. The van der Waals surface area contributed by atoms with Gasteiger partial charge in [-0.05, 0) is 60.4 Å². The highest BCUT2D eigenvalue weighted by Gasteiger charge is 2.13. The van der Waals surface area contributed by atoms with E-state index in [1.54, 1.807) is 43.5 Å². The molecule has 5 N–H and O–H groups in total. The van der Waals surface area contributed by atoms with Crippen LogP contribution in [0, 0.1) is 11.6 Å². The number of nitrogens with two attached hydrogens (primary N) is 2. The summed E-state index contributed by atoms with van der Waals surface area (Å²) in [4.78, 5) is 7.74. The summed E-state index contributed by atoms with van der Waals surface area (Å²) >= 11 is 0. The molecular formula is C27H28F2N4O4. The fourth-order valence-corrected chi connectivity index (χ4v) is 3.24. The molecule has 10 heteroatoms. The Labute approximate surface area is 213 Å². The zero-order chi connectivity index (χ0) is 26.9. The van der Waals surface area contributed by atoms with Crippen LogP contribution < -0.4 is 25.7 Å². The van der Waals surface area contributed by atoms with Gasteiger partial charge in [0.2, 0.25) is 0 Å². The summed E-state index contributed by atoms with van der Waals surface area (Å²) in [5.74, 6) is 0.926. The van der Waals surface area contributed by atoms with Crippen molar-refractivity contribution in [2.45, 2.75) is 26.7 Å². The summed E-state index contributed by atoms with van der Waals surface area (Å²) in [5, 5.41) is 9.75. The normalized spacial score (nSPS) is 10.3. The number of anilines is 2. The Hall–Kier alpha value is -4.60. The summed E-state index contributed by atoms with van der Waals surface area (Å²) in [6, 6.07) is 12.0. The van der Waals surface area contributed by atoms with Gasteiger partial charge in [0.1, 0.15) is 11.6 Å². The van der Waals surface area contributed by atoms with Crippen molar-refractivity contribution >= 4 is 11.6 Å². The van der Waals surface area contributed by atoms with Gasteiger partial charge in [0.05, 0.1) is 7.11 Å². The minimum Gasteiger partial charge on any atom is -0.504 e. The molecule has 0 bridgehead atoms. The largest absolute Gasteiger partial charge is 0.504 e. The second-order valence-electron chi connectivity index (χ2n) is 7.69. The predicted octanol–water partition coefficient (Wildman–Crippen LogP) is 6.03. The maximum atomic E-state index is 13.8. The number of rotatable bonds is 7. The van der Waals surface area contributed by atoms with Crippen molar-refractivity contribution in [2.24, 2.45) is 0 Å². The SMILES string of the molecule is CCc1cc(O)c(Oc2cccnc2N)cc1F.CCc1cc(OC)c(Oc2cccnc2N)cc1F. The van der Waals surface area contributed by atoms with E-state index in [1.165, 1.54) is 25.4 Å². The number of halogens is 2. The number of phenolic OH excluding ortho intramolecular Hbond substituents is 1. The van der Waals surface area contributed by atoms with E-state index in [4.69, 9.17) is 25.7 Å². The third kappa shape index (κ3) is 6.75. The second-order valence-corrected chi connectivity index (χ2v) is 7.69. The minimum absolute atomic E-state index is 0.0180. The summed E-state index contributed by atoms with van der Waals surface area (Å²) < 4.78 is 43.5. The number of benzene rings is 2. The van der Waals surface area contributed by atoms with Gasteiger partial charge in [-0.2, -0.15) is 0 Å². The van der Waals surface area contributed by atoms with Crippen LogP contribution in [-0.2, 0) is 12.8 Å². The first kappa shape index (κ1) is 27.0. The lowest BCUT2D eigenvalue weighted by atomic mass is 10.1. The first-order chi connectivity index (χ1) is 17.8. The average Bonchev–Trinajstić information content (AvgIpc) is 2.89. The highest BCUT2D eigenvalue weighted by Crippen LogP contribution is 2.36. The lowest BCUT2D eigenvalue weighted by molar-refractivity contribution is 0.375. The van der Waals surface area contributed by atoms with E-state index < -0.39 is 5.82 Å². The standard InChI is InChI=1S/C14H15FN2O2.C13H13FN2O2/c1-3-9-7-12(18-2)13(8-10(9)15)19-11-5-4-6-17-14(11)16;1-2-8-6-10(17)12(7-9(8)14)18-11-4-3-5-16-13(11)15/h4-8H,3H2,1-2H3,(H2,16,17);3-7,17H,2H2,1H3,(H2,15,16). The smallest absolute Gasteiger partial charge is 0.172 e.